The molecule has 0 unspecified atom stereocenters. The molecule has 0 fully saturated rings. The van der Waals surface area contributed by atoms with Crippen LogP contribution in [0.1, 0.15) is 45.4 Å². The SMILES string of the molecule is CCCNCc1cc(S(=O)(=O)NCCC(C)(C)C)c(Br)s1. The molecule has 7 heteroatoms. The summed E-state index contributed by atoms with van der Waals surface area (Å²) in [5, 5.41) is 3.28. The fourth-order valence-electron chi connectivity index (χ4n) is 1.69. The summed E-state index contributed by atoms with van der Waals surface area (Å²) >= 11 is 4.83. The second-order valence-corrected chi connectivity index (χ2v) is 10.4. The number of hydrogen-bond donors (Lipinski definition) is 2. The zero-order chi connectivity index (χ0) is 16.1. The maximum Gasteiger partial charge on any atom is 0.242 e. The molecule has 0 aliphatic carbocycles. The second-order valence-electron chi connectivity index (χ2n) is 6.24. The van der Waals surface area contributed by atoms with Crippen LogP contribution >= 0.6 is 27.3 Å². The molecule has 2 N–H and O–H groups in total. The van der Waals surface area contributed by atoms with Gasteiger partial charge in [-0.3, -0.25) is 0 Å². The molecule has 0 atom stereocenters. The Labute approximate surface area is 140 Å². The van der Waals surface area contributed by atoms with Gasteiger partial charge in [-0.2, -0.15) is 0 Å². The standard InChI is InChI=1S/C14H25BrN2O2S2/c1-5-7-16-10-11-9-12(13(15)20-11)21(18,19)17-8-6-14(2,3)4/h9,16-17H,5-8,10H2,1-4H3. The predicted molar refractivity (Wildman–Crippen MR) is 93.3 cm³/mol. The van der Waals surface area contributed by atoms with Crippen molar-refractivity contribution in [2.24, 2.45) is 5.41 Å². The van der Waals surface area contributed by atoms with Gasteiger partial charge in [-0.1, -0.05) is 27.7 Å². The Hall–Kier alpha value is 0.0500. The Morgan fingerprint density at radius 1 is 1.29 bits per heavy atom. The number of sulfonamides is 1. The molecule has 1 heterocycles. The Kier molecular flexibility index (Phi) is 7.33. The van der Waals surface area contributed by atoms with E-state index in [4.69, 9.17) is 0 Å². The normalized spacial score (nSPS) is 12.8. The van der Waals surface area contributed by atoms with E-state index in [1.807, 2.05) is 0 Å². The summed E-state index contributed by atoms with van der Waals surface area (Å²) in [5.74, 6) is 0. The van der Waals surface area contributed by atoms with E-state index in [1.54, 1.807) is 6.07 Å². The van der Waals surface area contributed by atoms with Crippen molar-refractivity contribution >= 4 is 37.3 Å². The maximum atomic E-state index is 12.3. The van der Waals surface area contributed by atoms with Crippen LogP contribution in [-0.2, 0) is 16.6 Å². The van der Waals surface area contributed by atoms with Gasteiger partial charge < -0.3 is 5.32 Å². The minimum atomic E-state index is -3.44. The highest BCUT2D eigenvalue weighted by Crippen LogP contribution is 2.31. The number of thiophene rings is 1. The Morgan fingerprint density at radius 2 is 1.95 bits per heavy atom. The lowest BCUT2D eigenvalue weighted by molar-refractivity contribution is 0.378. The van der Waals surface area contributed by atoms with E-state index >= 15 is 0 Å². The predicted octanol–water partition coefficient (Wildman–Crippen LogP) is 3.72. The number of rotatable bonds is 8. The molecule has 0 aliphatic rings. The van der Waals surface area contributed by atoms with Gasteiger partial charge in [-0.15, -0.1) is 11.3 Å². The van der Waals surface area contributed by atoms with Gasteiger partial charge in [0.1, 0.15) is 4.90 Å². The molecule has 122 valence electrons. The molecule has 0 saturated carbocycles. The molecule has 0 aliphatic heterocycles. The van der Waals surface area contributed by atoms with Crippen molar-refractivity contribution in [3.8, 4) is 0 Å². The fourth-order valence-corrected chi connectivity index (χ4v) is 5.38. The first-order valence-corrected chi connectivity index (χ1v) is 10.2. The monoisotopic (exact) mass is 396 g/mol. The maximum absolute atomic E-state index is 12.3. The highest BCUT2D eigenvalue weighted by Gasteiger charge is 2.21. The van der Waals surface area contributed by atoms with Gasteiger partial charge in [-0.05, 0) is 46.8 Å². The average molecular weight is 397 g/mol. The third kappa shape index (κ3) is 6.78. The molecular formula is C14H25BrN2O2S2. The van der Waals surface area contributed by atoms with Gasteiger partial charge in [0.15, 0.2) is 0 Å². The topological polar surface area (TPSA) is 58.2 Å². The number of hydrogen-bond acceptors (Lipinski definition) is 4. The molecule has 0 radical (unpaired) electrons. The molecule has 0 aromatic carbocycles. The molecule has 21 heavy (non-hydrogen) atoms. The lowest BCUT2D eigenvalue weighted by Crippen LogP contribution is -2.27. The van der Waals surface area contributed by atoms with Crippen LogP contribution in [0, 0.1) is 5.41 Å². The van der Waals surface area contributed by atoms with Crippen LogP contribution in [0.25, 0.3) is 0 Å². The third-order valence-electron chi connectivity index (χ3n) is 2.89. The van der Waals surface area contributed by atoms with Crippen molar-refractivity contribution in [1.29, 1.82) is 0 Å². The largest absolute Gasteiger partial charge is 0.312 e. The molecule has 0 saturated heterocycles. The summed E-state index contributed by atoms with van der Waals surface area (Å²) in [6.07, 6.45) is 1.87. The Balaban J connectivity index is 2.70. The summed E-state index contributed by atoms with van der Waals surface area (Å²) in [6.45, 7) is 10.5. The smallest absolute Gasteiger partial charge is 0.242 e. The molecule has 1 rings (SSSR count). The van der Waals surface area contributed by atoms with Crippen LogP contribution in [0.3, 0.4) is 0 Å². The van der Waals surface area contributed by atoms with Crippen LogP contribution in [0.4, 0.5) is 0 Å². The van der Waals surface area contributed by atoms with E-state index in [9.17, 15) is 8.42 Å². The van der Waals surface area contributed by atoms with E-state index in [0.717, 1.165) is 24.3 Å². The van der Waals surface area contributed by atoms with E-state index in [-0.39, 0.29) is 5.41 Å². The summed E-state index contributed by atoms with van der Waals surface area (Å²) in [4.78, 5) is 1.36. The summed E-state index contributed by atoms with van der Waals surface area (Å²) in [7, 11) is -3.44. The van der Waals surface area contributed by atoms with Gasteiger partial charge in [0.05, 0.1) is 3.79 Å². The first-order valence-electron chi connectivity index (χ1n) is 7.14. The second kappa shape index (κ2) is 8.06. The van der Waals surface area contributed by atoms with Crippen LogP contribution < -0.4 is 10.0 Å². The molecular weight excluding hydrogens is 372 g/mol. The van der Waals surface area contributed by atoms with Gasteiger partial charge in [-0.25, -0.2) is 13.1 Å². The summed E-state index contributed by atoms with van der Waals surface area (Å²) in [6, 6.07) is 1.75. The van der Waals surface area contributed by atoms with Gasteiger partial charge in [0, 0.05) is 18.0 Å². The fraction of sp³-hybridized carbons (Fsp3) is 0.714. The first-order chi connectivity index (χ1) is 9.65. The van der Waals surface area contributed by atoms with Crippen molar-refractivity contribution in [2.45, 2.75) is 52.0 Å². The highest BCUT2D eigenvalue weighted by molar-refractivity contribution is 9.11. The van der Waals surface area contributed by atoms with Crippen molar-refractivity contribution in [2.75, 3.05) is 13.1 Å². The Morgan fingerprint density at radius 3 is 2.52 bits per heavy atom. The van der Waals surface area contributed by atoms with Crippen molar-refractivity contribution in [3.63, 3.8) is 0 Å². The molecule has 0 spiro atoms. The van der Waals surface area contributed by atoms with E-state index in [2.05, 4.69) is 53.7 Å². The van der Waals surface area contributed by atoms with Gasteiger partial charge in [0.25, 0.3) is 0 Å². The van der Waals surface area contributed by atoms with Crippen LogP contribution in [0.15, 0.2) is 14.7 Å². The zero-order valence-corrected chi connectivity index (χ0v) is 16.3. The van der Waals surface area contributed by atoms with Gasteiger partial charge in [0.2, 0.25) is 10.0 Å². The number of halogens is 1. The molecule has 4 nitrogen and oxygen atoms in total. The minimum absolute atomic E-state index is 0.115. The van der Waals surface area contributed by atoms with E-state index in [0.29, 0.717) is 21.8 Å². The van der Waals surface area contributed by atoms with E-state index in [1.165, 1.54) is 11.3 Å². The summed E-state index contributed by atoms with van der Waals surface area (Å²) in [5.41, 5.74) is 0.115. The van der Waals surface area contributed by atoms with Crippen molar-refractivity contribution in [1.82, 2.24) is 10.0 Å². The number of nitrogens with one attached hydrogen (secondary N) is 2. The third-order valence-corrected chi connectivity index (χ3v) is 6.60. The van der Waals surface area contributed by atoms with Crippen LogP contribution in [-0.4, -0.2) is 21.5 Å². The first kappa shape index (κ1) is 19.1. The zero-order valence-electron chi connectivity index (χ0n) is 13.1. The quantitative estimate of drug-likeness (QED) is 0.658. The molecule has 1 aromatic rings. The Bertz CT molecular complexity index is 548. The van der Waals surface area contributed by atoms with Gasteiger partial charge >= 0.3 is 0 Å². The highest BCUT2D eigenvalue weighted by atomic mass is 79.9. The molecule has 1 aromatic heterocycles. The van der Waals surface area contributed by atoms with Crippen LogP contribution in [0.2, 0.25) is 0 Å². The summed E-state index contributed by atoms with van der Waals surface area (Å²) < 4.78 is 28.0. The van der Waals surface area contributed by atoms with Crippen LogP contribution in [0.5, 0.6) is 0 Å². The van der Waals surface area contributed by atoms with Crippen molar-refractivity contribution in [3.05, 3.63) is 14.7 Å². The minimum Gasteiger partial charge on any atom is -0.312 e. The molecule has 0 amide bonds. The molecule has 0 bridgehead atoms. The average Bonchev–Trinajstić information content (AvgIpc) is 2.69. The van der Waals surface area contributed by atoms with E-state index < -0.39 is 10.0 Å². The lowest BCUT2D eigenvalue weighted by Gasteiger charge is -2.17. The lowest BCUT2D eigenvalue weighted by atomic mass is 9.93. The van der Waals surface area contributed by atoms with Crippen molar-refractivity contribution < 1.29 is 8.42 Å².